The van der Waals surface area contributed by atoms with Crippen molar-refractivity contribution in [3.8, 4) is 17.4 Å². The molecule has 1 N–H and O–H groups in total. The molecule has 0 aliphatic rings. The van der Waals surface area contributed by atoms with Crippen molar-refractivity contribution in [2.45, 2.75) is 12.5 Å². The van der Waals surface area contributed by atoms with Crippen LogP contribution in [-0.4, -0.2) is 11.1 Å². The molecule has 5 nitrogen and oxygen atoms in total. The molecule has 0 aliphatic heterocycles. The Kier molecular flexibility index (Phi) is 4.86. The third-order valence-electron chi connectivity index (χ3n) is 3.61. The van der Waals surface area contributed by atoms with E-state index in [2.05, 4.69) is 10.5 Å². The molecule has 0 saturated carbocycles. The maximum Gasteiger partial charge on any atom is 0.227 e. The fourth-order valence-electron chi connectivity index (χ4n) is 2.40. The molecule has 0 saturated heterocycles. The maximum absolute atomic E-state index is 13.8. The Balaban J connectivity index is 1.68. The van der Waals surface area contributed by atoms with Crippen molar-refractivity contribution in [3.05, 3.63) is 77.7 Å². The van der Waals surface area contributed by atoms with Gasteiger partial charge in [0.15, 0.2) is 5.76 Å². The lowest BCUT2D eigenvalue weighted by atomic mass is 10.1. The first-order valence-corrected chi connectivity index (χ1v) is 7.62. The smallest absolute Gasteiger partial charge is 0.227 e. The monoisotopic (exact) mass is 335 g/mol. The van der Waals surface area contributed by atoms with Gasteiger partial charge in [0.2, 0.25) is 5.91 Å². The van der Waals surface area contributed by atoms with Gasteiger partial charge in [0, 0.05) is 17.2 Å². The molecule has 3 aromatic rings. The minimum absolute atomic E-state index is 0.0665. The Bertz CT molecular complexity index is 916. The van der Waals surface area contributed by atoms with Gasteiger partial charge >= 0.3 is 0 Å². The molecular formula is C19H14FN3O2. The molecule has 1 heterocycles. The van der Waals surface area contributed by atoms with E-state index >= 15 is 0 Å². The summed E-state index contributed by atoms with van der Waals surface area (Å²) >= 11 is 0. The number of carbonyl (C=O) groups excluding carboxylic acids is 1. The Morgan fingerprint density at radius 2 is 1.92 bits per heavy atom. The number of benzene rings is 2. The summed E-state index contributed by atoms with van der Waals surface area (Å²) < 4.78 is 19.0. The van der Waals surface area contributed by atoms with Crippen LogP contribution in [0.3, 0.4) is 0 Å². The maximum atomic E-state index is 13.8. The Labute approximate surface area is 143 Å². The van der Waals surface area contributed by atoms with E-state index in [4.69, 9.17) is 4.52 Å². The number of nitrogens with one attached hydrogen (secondary N) is 1. The van der Waals surface area contributed by atoms with Crippen LogP contribution in [0.4, 0.5) is 4.39 Å². The third kappa shape index (κ3) is 3.90. The van der Waals surface area contributed by atoms with E-state index in [0.717, 1.165) is 5.56 Å². The normalized spacial score (nSPS) is 11.5. The topological polar surface area (TPSA) is 78.9 Å². The van der Waals surface area contributed by atoms with Gasteiger partial charge in [-0.3, -0.25) is 4.79 Å². The number of hydrogen-bond donors (Lipinski definition) is 1. The van der Waals surface area contributed by atoms with Crippen LogP contribution in [0.1, 0.15) is 17.3 Å². The van der Waals surface area contributed by atoms with Crippen LogP contribution in [0.25, 0.3) is 11.3 Å². The van der Waals surface area contributed by atoms with Gasteiger partial charge < -0.3 is 9.84 Å². The molecule has 0 aliphatic carbocycles. The molecular weight excluding hydrogens is 321 g/mol. The van der Waals surface area contributed by atoms with Crippen molar-refractivity contribution < 1.29 is 13.7 Å². The predicted octanol–water partition coefficient (Wildman–Crippen LogP) is 3.40. The van der Waals surface area contributed by atoms with Gasteiger partial charge in [0.05, 0.1) is 18.2 Å². The van der Waals surface area contributed by atoms with Gasteiger partial charge in [-0.25, -0.2) is 4.39 Å². The van der Waals surface area contributed by atoms with Crippen LogP contribution in [0.2, 0.25) is 0 Å². The Morgan fingerprint density at radius 1 is 1.20 bits per heavy atom. The molecule has 1 aromatic heterocycles. The Hall–Kier alpha value is -3.46. The molecule has 0 spiro atoms. The van der Waals surface area contributed by atoms with Crippen LogP contribution >= 0.6 is 0 Å². The summed E-state index contributed by atoms with van der Waals surface area (Å²) in [6.07, 6.45) is -0.0665. The van der Waals surface area contributed by atoms with Crippen LogP contribution in [-0.2, 0) is 11.2 Å². The Morgan fingerprint density at radius 3 is 2.64 bits per heavy atom. The van der Waals surface area contributed by atoms with Gasteiger partial charge in [-0.15, -0.1) is 0 Å². The van der Waals surface area contributed by atoms with Crippen molar-refractivity contribution in [2.75, 3.05) is 0 Å². The van der Waals surface area contributed by atoms with Crippen molar-refractivity contribution >= 4 is 5.91 Å². The van der Waals surface area contributed by atoms with Crippen LogP contribution in [0.15, 0.2) is 65.2 Å². The summed E-state index contributed by atoms with van der Waals surface area (Å²) in [5.74, 6) is -0.431. The first-order valence-electron chi connectivity index (χ1n) is 7.62. The van der Waals surface area contributed by atoms with Crippen LogP contribution in [0, 0.1) is 17.1 Å². The lowest BCUT2D eigenvalue weighted by molar-refractivity contribution is -0.120. The number of hydrogen-bond acceptors (Lipinski definition) is 4. The second kappa shape index (κ2) is 7.41. The average molecular weight is 335 g/mol. The summed E-state index contributed by atoms with van der Waals surface area (Å²) in [6.45, 7) is 0. The molecule has 0 radical (unpaired) electrons. The van der Waals surface area contributed by atoms with Gasteiger partial charge in [-0.2, -0.15) is 5.26 Å². The number of rotatable bonds is 5. The largest absolute Gasteiger partial charge is 0.356 e. The number of amides is 1. The van der Waals surface area contributed by atoms with Crippen molar-refractivity contribution in [1.29, 1.82) is 5.26 Å². The predicted molar refractivity (Wildman–Crippen MR) is 88.5 cm³/mol. The van der Waals surface area contributed by atoms with Crippen LogP contribution < -0.4 is 5.32 Å². The van der Waals surface area contributed by atoms with E-state index in [1.54, 1.807) is 12.1 Å². The minimum atomic E-state index is -1.06. The molecule has 124 valence electrons. The number of aromatic nitrogens is 1. The first kappa shape index (κ1) is 16.4. The highest BCUT2D eigenvalue weighted by Gasteiger charge is 2.18. The standard InChI is InChI=1S/C19H14FN3O2/c20-16-9-5-4-8-15(16)17(12-21)22-19(24)11-14-10-18(25-23-14)13-6-2-1-3-7-13/h1-10,17H,11H2,(H,22,24)/t17-/m0/s1. The fraction of sp³-hybridized carbons (Fsp3) is 0.105. The van der Waals surface area contributed by atoms with Gasteiger partial charge in [-0.1, -0.05) is 53.7 Å². The molecule has 2 aromatic carbocycles. The van der Waals surface area contributed by atoms with Crippen molar-refractivity contribution in [1.82, 2.24) is 10.5 Å². The second-order valence-electron chi connectivity index (χ2n) is 5.38. The molecule has 6 heteroatoms. The zero-order valence-electron chi connectivity index (χ0n) is 13.1. The lowest BCUT2D eigenvalue weighted by Crippen LogP contribution is -2.29. The molecule has 0 fully saturated rings. The van der Waals surface area contributed by atoms with E-state index in [9.17, 15) is 14.4 Å². The summed E-state index contributed by atoms with van der Waals surface area (Å²) in [4.78, 5) is 12.1. The summed E-state index contributed by atoms with van der Waals surface area (Å²) in [7, 11) is 0. The number of nitrogens with zero attached hydrogens (tertiary/aromatic N) is 2. The number of halogens is 1. The fourth-order valence-corrected chi connectivity index (χ4v) is 2.40. The second-order valence-corrected chi connectivity index (χ2v) is 5.38. The molecule has 1 amide bonds. The summed E-state index contributed by atoms with van der Waals surface area (Å²) in [5.41, 5.74) is 1.41. The van der Waals surface area contributed by atoms with Gasteiger partial charge in [0.25, 0.3) is 0 Å². The SMILES string of the molecule is N#C[C@H](NC(=O)Cc1cc(-c2ccccc2)on1)c1ccccc1F. The van der Waals surface area contributed by atoms with E-state index < -0.39 is 17.8 Å². The highest BCUT2D eigenvalue weighted by Crippen LogP contribution is 2.20. The zero-order chi connectivity index (χ0) is 17.6. The molecule has 0 unspecified atom stereocenters. The van der Waals surface area contributed by atoms with Gasteiger partial charge in [-0.05, 0) is 6.07 Å². The zero-order valence-corrected chi connectivity index (χ0v) is 13.1. The molecule has 1 atom stereocenters. The van der Waals surface area contributed by atoms with Crippen molar-refractivity contribution in [3.63, 3.8) is 0 Å². The summed E-state index contributed by atoms with van der Waals surface area (Å²) in [6, 6.07) is 17.7. The van der Waals surface area contributed by atoms with Gasteiger partial charge in [0.1, 0.15) is 11.9 Å². The van der Waals surface area contributed by atoms with Crippen LogP contribution in [0.5, 0.6) is 0 Å². The van der Waals surface area contributed by atoms with E-state index in [-0.39, 0.29) is 12.0 Å². The average Bonchev–Trinajstić information content (AvgIpc) is 3.09. The molecule has 0 bridgehead atoms. The van der Waals surface area contributed by atoms with E-state index in [1.165, 1.54) is 18.2 Å². The third-order valence-corrected chi connectivity index (χ3v) is 3.61. The van der Waals surface area contributed by atoms with E-state index in [0.29, 0.717) is 11.5 Å². The number of carbonyl (C=O) groups is 1. The first-order chi connectivity index (χ1) is 12.2. The lowest BCUT2D eigenvalue weighted by Gasteiger charge is -2.12. The number of nitriles is 1. The van der Waals surface area contributed by atoms with Crippen molar-refractivity contribution in [2.24, 2.45) is 0 Å². The quantitative estimate of drug-likeness (QED) is 0.775. The highest BCUT2D eigenvalue weighted by molar-refractivity contribution is 5.79. The van der Waals surface area contributed by atoms with E-state index in [1.807, 2.05) is 36.4 Å². The summed E-state index contributed by atoms with van der Waals surface area (Å²) in [5, 5.41) is 15.6. The minimum Gasteiger partial charge on any atom is -0.356 e. The molecule has 3 rings (SSSR count). The molecule has 25 heavy (non-hydrogen) atoms. The highest BCUT2D eigenvalue weighted by atomic mass is 19.1.